The van der Waals surface area contributed by atoms with Crippen molar-refractivity contribution >= 4 is 30.0 Å². The van der Waals surface area contributed by atoms with Crippen LogP contribution in [0.5, 0.6) is 0 Å². The summed E-state index contributed by atoms with van der Waals surface area (Å²) in [5.74, 6) is 0. The predicted octanol–water partition coefficient (Wildman–Crippen LogP) is 5.19. The largest absolute Gasteiger partial charge is 0.347 e. The zero-order valence-corrected chi connectivity index (χ0v) is 19.3. The highest BCUT2D eigenvalue weighted by atomic mass is 32.1. The van der Waals surface area contributed by atoms with Gasteiger partial charge in [-0.3, -0.25) is 9.34 Å². The van der Waals surface area contributed by atoms with E-state index in [4.69, 9.17) is 17.0 Å². The summed E-state index contributed by atoms with van der Waals surface area (Å²) < 4.78 is 10.6. The van der Waals surface area contributed by atoms with E-state index in [1.54, 1.807) is 0 Å². The molecular formula is C21H37N4PS. The molecule has 0 aliphatic carbocycles. The van der Waals surface area contributed by atoms with Gasteiger partial charge in [0, 0.05) is 44.6 Å². The van der Waals surface area contributed by atoms with E-state index in [-0.39, 0.29) is 0 Å². The first-order chi connectivity index (χ1) is 13.1. The van der Waals surface area contributed by atoms with Crippen LogP contribution in [-0.4, -0.2) is 58.6 Å². The van der Waals surface area contributed by atoms with Crippen molar-refractivity contribution in [2.75, 3.05) is 39.3 Å². The highest BCUT2D eigenvalue weighted by Gasteiger charge is 2.34. The fourth-order valence-electron chi connectivity index (χ4n) is 4.00. The molecule has 0 saturated carbocycles. The second-order valence-corrected chi connectivity index (χ2v) is 10.3. The molecule has 0 N–H and O–H groups in total. The molecule has 0 spiro atoms. The Balaban J connectivity index is 2.63. The Morgan fingerprint density at radius 1 is 0.889 bits per heavy atom. The first kappa shape index (κ1) is 22.5. The topological polar surface area (TPSA) is 22.1 Å². The standard InChI is InChI=1S/C21H37N4PS/c1-5-24(6-2)26(25(7-3)8-4,20-16-12-11-13-17-20)22-21(27)23-18-14-9-10-15-19-23/h11-13,16-17H,5-10,14-15,18-19H2,1-4H3. The molecule has 0 atom stereocenters. The SMILES string of the molecule is CCN(CC)P(=NC(=S)N1CCCCCC1)(c1ccccc1)N(CC)CC. The number of rotatable bonds is 7. The molecule has 27 heavy (non-hydrogen) atoms. The minimum Gasteiger partial charge on any atom is -0.347 e. The molecule has 1 saturated heterocycles. The van der Waals surface area contributed by atoms with E-state index in [2.05, 4.69) is 72.3 Å². The van der Waals surface area contributed by atoms with Crippen LogP contribution in [0.4, 0.5) is 0 Å². The van der Waals surface area contributed by atoms with E-state index in [1.165, 1.54) is 31.0 Å². The maximum atomic E-state index is 5.95. The normalized spacial score (nSPS) is 15.9. The summed E-state index contributed by atoms with van der Waals surface area (Å²) in [6, 6.07) is 10.9. The Morgan fingerprint density at radius 3 is 1.81 bits per heavy atom. The quantitative estimate of drug-likeness (QED) is 0.457. The van der Waals surface area contributed by atoms with Gasteiger partial charge in [-0.25, -0.2) is 4.74 Å². The molecule has 6 heteroatoms. The van der Waals surface area contributed by atoms with Crippen molar-refractivity contribution in [2.45, 2.75) is 53.4 Å². The summed E-state index contributed by atoms with van der Waals surface area (Å²) in [5.41, 5.74) is 0. The Bertz CT molecular complexity index is 602. The van der Waals surface area contributed by atoms with Gasteiger partial charge in [0.05, 0.1) is 0 Å². The van der Waals surface area contributed by atoms with Crippen LogP contribution in [-0.2, 0) is 0 Å². The van der Waals surface area contributed by atoms with Crippen molar-refractivity contribution in [2.24, 2.45) is 4.74 Å². The van der Waals surface area contributed by atoms with Crippen LogP contribution >= 0.6 is 19.6 Å². The van der Waals surface area contributed by atoms with Crippen molar-refractivity contribution < 1.29 is 0 Å². The number of thiocarbonyl (C=S) groups is 1. The number of likely N-dealkylation sites (tertiary alicyclic amines) is 1. The molecule has 1 heterocycles. The molecule has 0 bridgehead atoms. The monoisotopic (exact) mass is 408 g/mol. The Hall–Kier alpha value is -0.740. The molecule has 2 rings (SSSR count). The van der Waals surface area contributed by atoms with E-state index in [9.17, 15) is 0 Å². The van der Waals surface area contributed by atoms with Gasteiger partial charge in [-0.2, -0.15) is 0 Å². The van der Waals surface area contributed by atoms with E-state index in [1.807, 2.05) is 0 Å². The van der Waals surface area contributed by atoms with Gasteiger partial charge in [-0.1, -0.05) is 70.9 Å². The van der Waals surface area contributed by atoms with Crippen LogP contribution < -0.4 is 5.30 Å². The third-order valence-corrected chi connectivity index (χ3v) is 10.1. The summed E-state index contributed by atoms with van der Waals surface area (Å²) in [7, 11) is -2.10. The predicted molar refractivity (Wildman–Crippen MR) is 124 cm³/mol. The van der Waals surface area contributed by atoms with Crippen molar-refractivity contribution in [3.8, 4) is 0 Å². The molecular weight excluding hydrogens is 371 g/mol. The van der Waals surface area contributed by atoms with E-state index in [0.29, 0.717) is 0 Å². The smallest absolute Gasteiger partial charge is 0.196 e. The van der Waals surface area contributed by atoms with Gasteiger partial charge in [0.2, 0.25) is 0 Å². The summed E-state index contributed by atoms with van der Waals surface area (Å²) in [4.78, 5) is 2.35. The Kier molecular flexibility index (Phi) is 9.44. The molecule has 1 aliphatic heterocycles. The van der Waals surface area contributed by atoms with Gasteiger partial charge in [0.1, 0.15) is 7.36 Å². The fourth-order valence-corrected chi connectivity index (χ4v) is 8.42. The van der Waals surface area contributed by atoms with E-state index < -0.39 is 7.36 Å². The maximum absolute atomic E-state index is 5.95. The van der Waals surface area contributed by atoms with Gasteiger partial charge in [0.15, 0.2) is 5.11 Å². The number of benzene rings is 1. The Morgan fingerprint density at radius 2 is 1.37 bits per heavy atom. The molecule has 0 amide bonds. The second-order valence-electron chi connectivity index (χ2n) is 6.97. The zero-order chi connectivity index (χ0) is 19.7. The molecule has 4 nitrogen and oxygen atoms in total. The van der Waals surface area contributed by atoms with Crippen LogP contribution in [0, 0.1) is 0 Å². The second kappa shape index (κ2) is 11.3. The van der Waals surface area contributed by atoms with Gasteiger partial charge < -0.3 is 4.90 Å². The maximum Gasteiger partial charge on any atom is 0.196 e. The van der Waals surface area contributed by atoms with Crippen LogP contribution in [0.25, 0.3) is 0 Å². The van der Waals surface area contributed by atoms with Gasteiger partial charge in [0.25, 0.3) is 0 Å². The lowest BCUT2D eigenvalue weighted by atomic mass is 10.2. The zero-order valence-electron chi connectivity index (χ0n) is 17.6. The summed E-state index contributed by atoms with van der Waals surface area (Å²) in [6.45, 7) is 15.0. The van der Waals surface area contributed by atoms with Crippen LogP contribution in [0.3, 0.4) is 0 Å². The molecule has 0 unspecified atom stereocenters. The Labute approximate surface area is 172 Å². The number of hydrogen-bond acceptors (Lipinski definition) is 1. The molecule has 0 aromatic heterocycles. The van der Waals surface area contributed by atoms with Gasteiger partial charge in [-0.15, -0.1) is 0 Å². The van der Waals surface area contributed by atoms with Gasteiger partial charge in [-0.05, 0) is 25.1 Å². The third-order valence-electron chi connectivity index (χ3n) is 5.45. The van der Waals surface area contributed by atoms with Crippen molar-refractivity contribution in [3.63, 3.8) is 0 Å². The molecule has 1 aliphatic rings. The van der Waals surface area contributed by atoms with Crippen molar-refractivity contribution in [1.82, 2.24) is 14.2 Å². The highest BCUT2D eigenvalue weighted by molar-refractivity contribution is 7.81. The molecule has 1 aromatic rings. The minimum absolute atomic E-state index is 0.813. The third kappa shape index (κ3) is 5.20. The lowest BCUT2D eigenvalue weighted by molar-refractivity contribution is 0.416. The minimum atomic E-state index is -2.10. The lowest BCUT2D eigenvalue weighted by Crippen LogP contribution is -2.39. The summed E-state index contributed by atoms with van der Waals surface area (Å²) in [5, 5.41) is 2.13. The molecule has 1 fully saturated rings. The first-order valence-corrected chi connectivity index (χ1v) is 12.7. The van der Waals surface area contributed by atoms with Crippen molar-refractivity contribution in [3.05, 3.63) is 30.3 Å². The van der Waals surface area contributed by atoms with E-state index >= 15 is 0 Å². The molecule has 0 radical (unpaired) electrons. The fraction of sp³-hybridized carbons (Fsp3) is 0.667. The first-order valence-electron chi connectivity index (χ1n) is 10.6. The summed E-state index contributed by atoms with van der Waals surface area (Å²) in [6.07, 6.45) is 5.07. The van der Waals surface area contributed by atoms with Gasteiger partial charge >= 0.3 is 0 Å². The van der Waals surface area contributed by atoms with Crippen LogP contribution in [0.15, 0.2) is 35.1 Å². The van der Waals surface area contributed by atoms with Crippen LogP contribution in [0.1, 0.15) is 53.4 Å². The van der Waals surface area contributed by atoms with Crippen LogP contribution in [0.2, 0.25) is 0 Å². The molecule has 152 valence electrons. The number of hydrogen-bond donors (Lipinski definition) is 0. The molecule has 1 aromatic carbocycles. The van der Waals surface area contributed by atoms with Crippen molar-refractivity contribution in [1.29, 1.82) is 0 Å². The average Bonchev–Trinajstić information content (AvgIpc) is 2.99. The summed E-state index contributed by atoms with van der Waals surface area (Å²) >= 11 is 5.95. The highest BCUT2D eigenvalue weighted by Crippen LogP contribution is 2.55. The lowest BCUT2D eigenvalue weighted by Gasteiger charge is -2.43. The average molecular weight is 409 g/mol. The van der Waals surface area contributed by atoms with E-state index in [0.717, 1.165) is 44.4 Å². The number of nitrogens with zero attached hydrogens (tertiary/aromatic N) is 4.